The Morgan fingerprint density at radius 2 is 2.09 bits per heavy atom. The summed E-state index contributed by atoms with van der Waals surface area (Å²) < 4.78 is 28.1. The molecule has 0 bridgehead atoms. The Bertz CT molecular complexity index is 590. The van der Waals surface area contributed by atoms with E-state index in [0.29, 0.717) is 16.6 Å². The normalized spacial score (nSPS) is 28.7. The first-order chi connectivity index (χ1) is 9.99. The van der Waals surface area contributed by atoms with Crippen LogP contribution in [0.4, 0.5) is 14.5 Å². The molecule has 3 nitrogen and oxygen atoms in total. The number of hydrogen-bond acceptors (Lipinski definition) is 2. The topological polar surface area (TPSA) is 55.1 Å². The summed E-state index contributed by atoms with van der Waals surface area (Å²) >= 11 is 0. The van der Waals surface area contributed by atoms with Gasteiger partial charge in [-0.3, -0.25) is 4.79 Å². The molecule has 3 N–H and O–H groups in total. The van der Waals surface area contributed by atoms with Gasteiger partial charge in [0.1, 0.15) is 5.67 Å². The number of amides is 1. The molecule has 2 rings (SSSR count). The molecule has 1 aliphatic rings. The number of carbonyl (C=O) groups excluding carboxylic acids is 1. The van der Waals surface area contributed by atoms with Crippen molar-refractivity contribution in [3.05, 3.63) is 23.8 Å². The van der Waals surface area contributed by atoms with Crippen LogP contribution in [0.5, 0.6) is 0 Å². The second kappa shape index (κ2) is 6.36. The summed E-state index contributed by atoms with van der Waals surface area (Å²) in [6.45, 7) is 1.46. The molecule has 0 aliphatic heterocycles. The van der Waals surface area contributed by atoms with E-state index in [-0.39, 0.29) is 18.7 Å². The summed E-state index contributed by atoms with van der Waals surface area (Å²) in [6, 6.07) is 4.44. The van der Waals surface area contributed by atoms with Crippen LogP contribution >= 0.6 is 27.7 Å². The lowest BCUT2D eigenvalue weighted by Gasteiger charge is -2.20. The van der Waals surface area contributed by atoms with Crippen LogP contribution in [0.25, 0.3) is 0 Å². The van der Waals surface area contributed by atoms with Gasteiger partial charge in [-0.05, 0) is 37.2 Å². The van der Waals surface area contributed by atoms with Crippen molar-refractivity contribution in [2.24, 2.45) is 11.7 Å². The fraction of sp³-hybridized carbons (Fsp3) is 0.500. The predicted molar refractivity (Wildman–Crippen MR) is 96.8 cm³/mol. The SMILES string of the molecule is CC1(F)C[C@@H](N)[C@@H](C(=O)Nc2ccc(P)c(C(F)(P)P)c2)C1. The van der Waals surface area contributed by atoms with E-state index in [1.165, 1.54) is 6.92 Å². The molecule has 0 spiro atoms. The molecule has 1 aromatic carbocycles. The van der Waals surface area contributed by atoms with Crippen molar-refractivity contribution in [3.63, 3.8) is 0 Å². The maximum Gasteiger partial charge on any atom is 0.229 e. The minimum absolute atomic E-state index is 0.106. The van der Waals surface area contributed by atoms with E-state index in [9.17, 15) is 13.6 Å². The summed E-state index contributed by atoms with van der Waals surface area (Å²) in [4.78, 5) is 12.3. The summed E-state index contributed by atoms with van der Waals surface area (Å²) in [5.41, 5.74) is 5.33. The molecule has 4 unspecified atom stereocenters. The fourth-order valence-electron chi connectivity index (χ4n) is 2.81. The molecule has 0 saturated heterocycles. The number of nitrogens with two attached hydrogens (primary N) is 1. The van der Waals surface area contributed by atoms with Crippen LogP contribution in [0.15, 0.2) is 18.2 Å². The Morgan fingerprint density at radius 1 is 1.45 bits per heavy atom. The third kappa shape index (κ3) is 4.20. The first-order valence-electron chi connectivity index (χ1n) is 6.92. The van der Waals surface area contributed by atoms with Gasteiger partial charge in [-0.15, -0.1) is 9.24 Å². The van der Waals surface area contributed by atoms with Crippen molar-refractivity contribution in [2.45, 2.75) is 36.6 Å². The summed E-state index contributed by atoms with van der Waals surface area (Å²) in [5, 5.41) is 1.72. The summed E-state index contributed by atoms with van der Waals surface area (Å²) in [6.07, 6.45) is 0.278. The number of hydrogen-bond donors (Lipinski definition) is 2. The van der Waals surface area contributed by atoms with Crippen molar-refractivity contribution in [2.75, 3.05) is 5.32 Å². The molecule has 1 saturated carbocycles. The van der Waals surface area contributed by atoms with Gasteiger partial charge in [-0.2, -0.15) is 0 Å². The average molecular weight is 364 g/mol. The van der Waals surface area contributed by atoms with Crippen LogP contribution in [-0.2, 0) is 9.95 Å². The Kier molecular flexibility index (Phi) is 5.25. The Hall–Kier alpha value is -0.200. The Morgan fingerprint density at radius 3 is 2.59 bits per heavy atom. The maximum absolute atomic E-state index is 14.1. The molecule has 0 radical (unpaired) electrons. The van der Waals surface area contributed by atoms with E-state index in [4.69, 9.17) is 5.73 Å². The quantitative estimate of drug-likeness (QED) is 0.810. The molecule has 122 valence electrons. The number of rotatable bonds is 3. The standard InChI is InChI=1S/C14H21F2N2OP3/c1-13(15)5-8(10(17)6-13)12(19)18-7-2-3-11(20)9(4-7)14(16,21)22/h2-4,8,10H,5-6,17,20-22H2,1H3,(H,18,19)/t8-,10+,13?/m0/s1. The minimum Gasteiger partial charge on any atom is -0.327 e. The number of halogens is 2. The van der Waals surface area contributed by atoms with Gasteiger partial charge in [0.25, 0.3) is 0 Å². The predicted octanol–water partition coefficient (Wildman–Crippen LogP) is 2.42. The zero-order valence-corrected chi connectivity index (χ0v) is 15.7. The number of benzene rings is 1. The molecule has 8 heteroatoms. The highest BCUT2D eigenvalue weighted by Crippen LogP contribution is 2.41. The van der Waals surface area contributed by atoms with Crippen LogP contribution < -0.4 is 16.4 Å². The zero-order valence-electron chi connectivity index (χ0n) is 12.3. The number of nitrogens with one attached hydrogen (secondary N) is 1. The van der Waals surface area contributed by atoms with Gasteiger partial charge in [0.15, 0.2) is 5.15 Å². The molecule has 0 aromatic heterocycles. The second-order valence-electron chi connectivity index (χ2n) is 6.15. The average Bonchev–Trinajstić information content (AvgIpc) is 2.64. The van der Waals surface area contributed by atoms with Crippen molar-refractivity contribution in [3.8, 4) is 0 Å². The number of carbonyl (C=O) groups is 1. The lowest BCUT2D eigenvalue weighted by molar-refractivity contribution is -0.120. The Balaban J connectivity index is 2.16. The van der Waals surface area contributed by atoms with Crippen LogP contribution in [0.2, 0.25) is 0 Å². The first kappa shape index (κ1) is 18.1. The van der Waals surface area contributed by atoms with Crippen molar-refractivity contribution in [1.29, 1.82) is 0 Å². The summed E-state index contributed by atoms with van der Waals surface area (Å²) in [5.74, 6) is -0.899. The van der Waals surface area contributed by atoms with Gasteiger partial charge >= 0.3 is 0 Å². The van der Waals surface area contributed by atoms with Gasteiger partial charge in [0, 0.05) is 17.3 Å². The van der Waals surface area contributed by atoms with Gasteiger partial charge in [0.05, 0.1) is 5.92 Å². The smallest absolute Gasteiger partial charge is 0.229 e. The Labute approximate surface area is 136 Å². The van der Waals surface area contributed by atoms with E-state index in [1.807, 2.05) is 0 Å². The monoisotopic (exact) mass is 364 g/mol. The lowest BCUT2D eigenvalue weighted by atomic mass is 10.0. The molecule has 1 fully saturated rings. The van der Waals surface area contributed by atoms with E-state index >= 15 is 0 Å². The first-order valence-corrected chi connectivity index (χ1v) is 8.65. The van der Waals surface area contributed by atoms with E-state index in [2.05, 4.69) is 33.0 Å². The second-order valence-corrected chi connectivity index (χ2v) is 9.12. The van der Waals surface area contributed by atoms with Gasteiger partial charge in [0.2, 0.25) is 5.91 Å². The number of anilines is 1. The van der Waals surface area contributed by atoms with E-state index < -0.39 is 22.8 Å². The van der Waals surface area contributed by atoms with Crippen LogP contribution in [-0.4, -0.2) is 17.6 Å². The highest BCUT2D eigenvalue weighted by atomic mass is 31.1. The minimum atomic E-state index is -1.68. The molecule has 6 atom stereocenters. The van der Waals surface area contributed by atoms with Crippen molar-refractivity contribution < 1.29 is 13.6 Å². The largest absolute Gasteiger partial charge is 0.327 e. The summed E-state index contributed by atoms with van der Waals surface area (Å²) in [7, 11) is 6.64. The van der Waals surface area contributed by atoms with Crippen LogP contribution in [0.1, 0.15) is 25.3 Å². The lowest BCUT2D eigenvalue weighted by Crippen LogP contribution is -2.34. The van der Waals surface area contributed by atoms with Crippen LogP contribution in [0, 0.1) is 5.92 Å². The van der Waals surface area contributed by atoms with Crippen molar-refractivity contribution in [1.82, 2.24) is 0 Å². The molecular weight excluding hydrogens is 343 g/mol. The highest BCUT2D eigenvalue weighted by molar-refractivity contribution is 7.39. The van der Waals surface area contributed by atoms with Gasteiger partial charge in [-0.25, -0.2) is 8.78 Å². The maximum atomic E-state index is 14.1. The molecule has 22 heavy (non-hydrogen) atoms. The molecule has 1 aromatic rings. The zero-order chi connectivity index (χ0) is 16.7. The van der Waals surface area contributed by atoms with Crippen LogP contribution in [0.3, 0.4) is 0 Å². The highest BCUT2D eigenvalue weighted by Gasteiger charge is 2.44. The van der Waals surface area contributed by atoms with Gasteiger partial charge in [-0.1, -0.05) is 24.5 Å². The molecule has 0 heterocycles. The molecular formula is C14H21F2N2OP3. The molecule has 1 aliphatic carbocycles. The van der Waals surface area contributed by atoms with Crippen molar-refractivity contribution >= 4 is 44.6 Å². The third-order valence-electron chi connectivity index (χ3n) is 3.89. The van der Waals surface area contributed by atoms with E-state index in [1.54, 1.807) is 18.2 Å². The van der Waals surface area contributed by atoms with Gasteiger partial charge < -0.3 is 11.1 Å². The fourth-order valence-corrected chi connectivity index (χ4v) is 4.05. The van der Waals surface area contributed by atoms with E-state index in [0.717, 1.165) is 0 Å². The third-order valence-corrected chi connectivity index (χ3v) is 5.02. The molecule has 1 amide bonds. The number of alkyl halides is 2.